The Morgan fingerprint density at radius 3 is 2.88 bits per heavy atom. The first-order valence-electron chi connectivity index (χ1n) is 7.77. The first kappa shape index (κ1) is 17.2. The zero-order valence-electron chi connectivity index (χ0n) is 13.8. The normalized spacial score (nSPS) is 15.1. The molecular formula is C19H17F2N3S. The number of hydrogen-bond donors (Lipinski definition) is 1. The zero-order chi connectivity index (χ0) is 18.1. The van der Waals surface area contributed by atoms with Crippen molar-refractivity contribution in [2.45, 2.75) is 19.4 Å². The van der Waals surface area contributed by atoms with Gasteiger partial charge in [-0.05, 0) is 30.0 Å². The minimum atomic E-state index is -0.854. The van der Waals surface area contributed by atoms with Gasteiger partial charge in [-0.2, -0.15) is 5.26 Å². The van der Waals surface area contributed by atoms with Gasteiger partial charge in [-0.3, -0.25) is 0 Å². The fraction of sp³-hybridized carbons (Fsp3) is 0.211. The quantitative estimate of drug-likeness (QED) is 0.883. The van der Waals surface area contributed by atoms with E-state index >= 15 is 0 Å². The van der Waals surface area contributed by atoms with Crippen molar-refractivity contribution >= 4 is 21.9 Å². The maximum atomic E-state index is 13.9. The summed E-state index contributed by atoms with van der Waals surface area (Å²) in [7, 11) is 1.79. The van der Waals surface area contributed by atoms with Gasteiger partial charge in [-0.25, -0.2) is 8.78 Å². The number of nitriles is 1. The highest BCUT2D eigenvalue weighted by atomic mass is 32.1. The third-order valence-corrected chi connectivity index (χ3v) is 5.34. The number of fused-ring (bicyclic) bond motifs is 1. The Morgan fingerprint density at radius 2 is 2.16 bits per heavy atom. The SMILES string of the molecule is C=C1CCc2c(sc(N)c2C#N)/C1=C/N(C)Cc1cccc(F)c1F. The van der Waals surface area contributed by atoms with Gasteiger partial charge in [0.25, 0.3) is 0 Å². The molecule has 0 saturated heterocycles. The van der Waals surface area contributed by atoms with Crippen molar-refractivity contribution in [2.75, 3.05) is 12.8 Å². The number of anilines is 1. The Labute approximate surface area is 149 Å². The Morgan fingerprint density at radius 1 is 1.40 bits per heavy atom. The largest absolute Gasteiger partial charge is 0.389 e. The Balaban J connectivity index is 1.94. The second-order valence-electron chi connectivity index (χ2n) is 6.04. The van der Waals surface area contributed by atoms with Gasteiger partial charge in [-0.1, -0.05) is 18.7 Å². The summed E-state index contributed by atoms with van der Waals surface area (Å²) in [6.45, 7) is 4.33. The van der Waals surface area contributed by atoms with Crippen molar-refractivity contribution in [3.05, 3.63) is 69.8 Å². The average molecular weight is 357 g/mol. The molecule has 0 fully saturated rings. The van der Waals surface area contributed by atoms with E-state index in [4.69, 9.17) is 5.73 Å². The zero-order valence-corrected chi connectivity index (χ0v) is 14.6. The first-order chi connectivity index (χ1) is 11.9. The highest BCUT2D eigenvalue weighted by Gasteiger charge is 2.25. The monoisotopic (exact) mass is 357 g/mol. The predicted octanol–water partition coefficient (Wildman–Crippen LogP) is 4.46. The molecule has 1 aliphatic rings. The Kier molecular flexibility index (Phi) is 4.60. The molecule has 0 aliphatic heterocycles. The van der Waals surface area contributed by atoms with Gasteiger partial charge in [0.1, 0.15) is 11.1 Å². The molecule has 1 aromatic carbocycles. The van der Waals surface area contributed by atoms with Crippen LogP contribution in [0.15, 0.2) is 36.6 Å². The molecule has 25 heavy (non-hydrogen) atoms. The fourth-order valence-corrected chi connectivity index (χ4v) is 4.11. The van der Waals surface area contributed by atoms with Crippen LogP contribution in [-0.2, 0) is 13.0 Å². The lowest BCUT2D eigenvalue weighted by Gasteiger charge is -2.22. The number of nitrogens with zero attached hydrogens (tertiary/aromatic N) is 2. The van der Waals surface area contributed by atoms with Crippen LogP contribution in [0.1, 0.15) is 28.0 Å². The number of thiophene rings is 1. The molecule has 0 bridgehead atoms. The van der Waals surface area contributed by atoms with Crippen molar-refractivity contribution in [1.82, 2.24) is 4.90 Å². The van der Waals surface area contributed by atoms with E-state index in [0.717, 1.165) is 40.5 Å². The summed E-state index contributed by atoms with van der Waals surface area (Å²) in [6, 6.07) is 6.32. The summed E-state index contributed by atoms with van der Waals surface area (Å²) in [4.78, 5) is 2.73. The van der Waals surface area contributed by atoms with Gasteiger partial charge in [-0.15, -0.1) is 11.3 Å². The van der Waals surface area contributed by atoms with Crippen LogP contribution in [0.3, 0.4) is 0 Å². The fourth-order valence-electron chi connectivity index (χ4n) is 2.99. The van der Waals surface area contributed by atoms with Gasteiger partial charge in [0.15, 0.2) is 11.6 Å². The van der Waals surface area contributed by atoms with Crippen LogP contribution in [0, 0.1) is 23.0 Å². The maximum absolute atomic E-state index is 13.9. The smallest absolute Gasteiger partial charge is 0.163 e. The number of allylic oxidation sites excluding steroid dienone is 2. The number of halogens is 2. The van der Waals surface area contributed by atoms with E-state index in [-0.39, 0.29) is 12.1 Å². The van der Waals surface area contributed by atoms with E-state index in [9.17, 15) is 14.0 Å². The summed E-state index contributed by atoms with van der Waals surface area (Å²) >= 11 is 1.37. The van der Waals surface area contributed by atoms with Crippen LogP contribution in [0.4, 0.5) is 13.8 Å². The van der Waals surface area contributed by atoms with Crippen molar-refractivity contribution in [3.63, 3.8) is 0 Å². The van der Waals surface area contributed by atoms with Crippen LogP contribution in [0.25, 0.3) is 5.57 Å². The molecule has 1 aliphatic carbocycles. The van der Waals surface area contributed by atoms with E-state index in [1.165, 1.54) is 17.4 Å². The molecule has 2 N–H and O–H groups in total. The van der Waals surface area contributed by atoms with E-state index < -0.39 is 11.6 Å². The summed E-state index contributed by atoms with van der Waals surface area (Å²) < 4.78 is 27.2. The van der Waals surface area contributed by atoms with E-state index in [1.807, 2.05) is 6.20 Å². The minimum absolute atomic E-state index is 0.224. The van der Waals surface area contributed by atoms with Gasteiger partial charge in [0, 0.05) is 35.8 Å². The van der Waals surface area contributed by atoms with Crippen molar-refractivity contribution in [3.8, 4) is 6.07 Å². The summed E-state index contributed by atoms with van der Waals surface area (Å²) in [5, 5.41) is 9.80. The van der Waals surface area contributed by atoms with Crippen LogP contribution in [0.2, 0.25) is 0 Å². The first-order valence-corrected chi connectivity index (χ1v) is 8.58. The van der Waals surface area contributed by atoms with Crippen LogP contribution >= 0.6 is 11.3 Å². The molecule has 0 saturated carbocycles. The summed E-state index contributed by atoms with van der Waals surface area (Å²) in [5.74, 6) is -1.68. The molecule has 3 rings (SSSR count). The number of rotatable bonds is 3. The summed E-state index contributed by atoms with van der Waals surface area (Å²) in [5.41, 5.74) is 9.59. The third-order valence-electron chi connectivity index (χ3n) is 4.25. The number of nitrogens with two attached hydrogens (primary N) is 1. The lowest BCUT2D eigenvalue weighted by atomic mass is 9.89. The average Bonchev–Trinajstić information content (AvgIpc) is 2.90. The molecule has 3 nitrogen and oxygen atoms in total. The topological polar surface area (TPSA) is 53.1 Å². The minimum Gasteiger partial charge on any atom is -0.389 e. The lowest BCUT2D eigenvalue weighted by molar-refractivity contribution is 0.424. The molecular weight excluding hydrogens is 340 g/mol. The van der Waals surface area contributed by atoms with Gasteiger partial charge >= 0.3 is 0 Å². The third kappa shape index (κ3) is 3.15. The van der Waals surface area contributed by atoms with Crippen molar-refractivity contribution < 1.29 is 8.78 Å². The Hall–Kier alpha value is -2.65. The molecule has 6 heteroatoms. The van der Waals surface area contributed by atoms with E-state index in [1.54, 1.807) is 18.0 Å². The highest BCUT2D eigenvalue weighted by Crippen LogP contribution is 2.43. The molecule has 1 heterocycles. The van der Waals surface area contributed by atoms with E-state index in [2.05, 4.69) is 12.6 Å². The maximum Gasteiger partial charge on any atom is 0.163 e. The van der Waals surface area contributed by atoms with Crippen molar-refractivity contribution in [2.24, 2.45) is 0 Å². The van der Waals surface area contributed by atoms with Gasteiger partial charge in [0.2, 0.25) is 0 Å². The molecule has 1 aromatic heterocycles. The molecule has 0 unspecified atom stereocenters. The van der Waals surface area contributed by atoms with Crippen molar-refractivity contribution in [1.29, 1.82) is 5.26 Å². The molecule has 0 atom stereocenters. The molecule has 128 valence electrons. The highest BCUT2D eigenvalue weighted by molar-refractivity contribution is 7.17. The lowest BCUT2D eigenvalue weighted by Crippen LogP contribution is -2.14. The predicted molar refractivity (Wildman–Crippen MR) is 96.7 cm³/mol. The van der Waals surface area contributed by atoms with Crippen LogP contribution in [0.5, 0.6) is 0 Å². The molecule has 0 radical (unpaired) electrons. The molecule has 0 spiro atoms. The van der Waals surface area contributed by atoms with Gasteiger partial charge in [0.05, 0.1) is 5.56 Å². The Bertz CT molecular complexity index is 921. The number of hydrogen-bond acceptors (Lipinski definition) is 4. The summed E-state index contributed by atoms with van der Waals surface area (Å²) in [6.07, 6.45) is 3.35. The van der Waals surface area contributed by atoms with Crippen LogP contribution < -0.4 is 5.73 Å². The molecule has 0 amide bonds. The van der Waals surface area contributed by atoms with Crippen LogP contribution in [-0.4, -0.2) is 11.9 Å². The molecule has 2 aromatic rings. The van der Waals surface area contributed by atoms with E-state index in [0.29, 0.717) is 10.6 Å². The van der Waals surface area contributed by atoms with Gasteiger partial charge < -0.3 is 10.6 Å². The number of benzene rings is 1. The second kappa shape index (κ2) is 6.69. The number of nitrogen functional groups attached to an aromatic ring is 1. The second-order valence-corrected chi connectivity index (χ2v) is 7.09. The standard InChI is InChI=1S/C19H17F2N3S/c1-11-6-7-13-14(8-22)19(23)25-18(13)15(11)10-24(2)9-12-4-3-5-16(20)17(12)21/h3-5,10H,1,6-7,9,23H2,2H3/b15-10+.